The van der Waals surface area contributed by atoms with E-state index in [0.717, 1.165) is 42.4 Å². The maximum absolute atomic E-state index is 13.8. The lowest BCUT2D eigenvalue weighted by molar-refractivity contribution is -0.141. The lowest BCUT2D eigenvalue weighted by Gasteiger charge is -2.32. The SMILES string of the molecule is O=C(NC1CCCC1)[C@@H](Cc1ccccc1)N(Cc1ccccc1)C(=O)Cc1ccc(Cl)c(Cl)c1. The highest BCUT2D eigenvalue weighted by atomic mass is 35.5. The molecule has 4 nitrogen and oxygen atoms in total. The van der Waals surface area contributed by atoms with E-state index in [4.69, 9.17) is 23.2 Å². The number of halogens is 2. The van der Waals surface area contributed by atoms with Gasteiger partial charge in [0, 0.05) is 19.0 Å². The van der Waals surface area contributed by atoms with Gasteiger partial charge in [0.1, 0.15) is 6.04 Å². The van der Waals surface area contributed by atoms with Crippen LogP contribution in [0.15, 0.2) is 78.9 Å². The van der Waals surface area contributed by atoms with Crippen molar-refractivity contribution in [2.24, 2.45) is 0 Å². The Morgan fingerprint density at radius 3 is 2.09 bits per heavy atom. The summed E-state index contributed by atoms with van der Waals surface area (Å²) in [4.78, 5) is 29.1. The summed E-state index contributed by atoms with van der Waals surface area (Å²) in [7, 11) is 0. The normalized spacial score (nSPS) is 14.5. The summed E-state index contributed by atoms with van der Waals surface area (Å²) in [5.41, 5.74) is 2.75. The molecule has 0 aliphatic heterocycles. The zero-order valence-electron chi connectivity index (χ0n) is 19.6. The van der Waals surface area contributed by atoms with Gasteiger partial charge in [0.2, 0.25) is 11.8 Å². The molecule has 2 amide bonds. The molecule has 0 unspecified atom stereocenters. The second kappa shape index (κ2) is 12.2. The number of amides is 2. The van der Waals surface area contributed by atoms with E-state index in [-0.39, 0.29) is 24.3 Å². The fourth-order valence-electron chi connectivity index (χ4n) is 4.63. The fourth-order valence-corrected chi connectivity index (χ4v) is 4.95. The number of hydrogen-bond acceptors (Lipinski definition) is 2. The zero-order chi connectivity index (χ0) is 24.6. The number of carbonyl (C=O) groups excluding carboxylic acids is 2. The lowest BCUT2D eigenvalue weighted by Crippen LogP contribution is -2.52. The molecule has 0 spiro atoms. The van der Waals surface area contributed by atoms with Crippen LogP contribution < -0.4 is 5.32 Å². The first-order valence-corrected chi connectivity index (χ1v) is 12.9. The van der Waals surface area contributed by atoms with E-state index in [2.05, 4.69) is 5.32 Å². The number of nitrogens with zero attached hydrogens (tertiary/aromatic N) is 1. The Morgan fingerprint density at radius 2 is 1.46 bits per heavy atom. The third-order valence-electron chi connectivity index (χ3n) is 6.51. The average molecular weight is 509 g/mol. The molecule has 0 bridgehead atoms. The number of hydrogen-bond donors (Lipinski definition) is 1. The van der Waals surface area contributed by atoms with Crippen molar-refractivity contribution in [2.45, 2.75) is 57.2 Å². The van der Waals surface area contributed by atoms with Gasteiger partial charge in [0.25, 0.3) is 0 Å². The van der Waals surface area contributed by atoms with Crippen molar-refractivity contribution in [3.05, 3.63) is 106 Å². The topological polar surface area (TPSA) is 49.4 Å². The van der Waals surface area contributed by atoms with Gasteiger partial charge < -0.3 is 10.2 Å². The Hall–Kier alpha value is -2.82. The van der Waals surface area contributed by atoms with Crippen LogP contribution in [-0.2, 0) is 29.0 Å². The molecule has 6 heteroatoms. The molecule has 1 aliphatic carbocycles. The molecule has 35 heavy (non-hydrogen) atoms. The highest BCUT2D eigenvalue weighted by Crippen LogP contribution is 2.24. The van der Waals surface area contributed by atoms with E-state index in [9.17, 15) is 9.59 Å². The molecule has 3 aromatic carbocycles. The second-order valence-electron chi connectivity index (χ2n) is 9.13. The third kappa shape index (κ3) is 7.09. The molecule has 0 saturated heterocycles. The standard InChI is InChI=1S/C29H30Cl2N2O2/c30-25-16-15-23(17-26(25)31)19-28(34)33(20-22-11-5-2-6-12-22)27(18-21-9-3-1-4-10-21)29(35)32-24-13-7-8-14-24/h1-6,9-12,15-17,24,27H,7-8,13-14,18-20H2,(H,32,35)/t27-/m1/s1. The average Bonchev–Trinajstić information content (AvgIpc) is 3.38. The third-order valence-corrected chi connectivity index (χ3v) is 7.25. The number of nitrogens with one attached hydrogen (secondary N) is 1. The summed E-state index contributed by atoms with van der Waals surface area (Å²) in [6.45, 7) is 0.344. The Morgan fingerprint density at radius 1 is 0.829 bits per heavy atom. The van der Waals surface area contributed by atoms with Crippen LogP contribution >= 0.6 is 23.2 Å². The molecule has 0 radical (unpaired) electrons. The monoisotopic (exact) mass is 508 g/mol. The summed E-state index contributed by atoms with van der Waals surface area (Å²) < 4.78 is 0. The molecule has 182 valence electrons. The Labute approximate surface area is 217 Å². The van der Waals surface area contributed by atoms with Crippen LogP contribution in [0.25, 0.3) is 0 Å². The molecular weight excluding hydrogens is 479 g/mol. The Bertz CT molecular complexity index is 1130. The Balaban J connectivity index is 1.64. The van der Waals surface area contributed by atoms with Crippen molar-refractivity contribution in [1.82, 2.24) is 10.2 Å². The first kappa shape index (κ1) is 25.3. The smallest absolute Gasteiger partial charge is 0.243 e. The molecule has 1 saturated carbocycles. The van der Waals surface area contributed by atoms with Gasteiger partial charge in [-0.05, 0) is 41.7 Å². The first-order valence-electron chi connectivity index (χ1n) is 12.1. The van der Waals surface area contributed by atoms with Crippen molar-refractivity contribution in [2.75, 3.05) is 0 Å². The molecule has 3 aromatic rings. The van der Waals surface area contributed by atoms with Crippen molar-refractivity contribution >= 4 is 35.0 Å². The van der Waals surface area contributed by atoms with Crippen LogP contribution in [0, 0.1) is 0 Å². The summed E-state index contributed by atoms with van der Waals surface area (Å²) >= 11 is 12.3. The van der Waals surface area contributed by atoms with E-state index in [1.807, 2.05) is 60.7 Å². The van der Waals surface area contributed by atoms with Crippen LogP contribution in [0.2, 0.25) is 10.0 Å². The van der Waals surface area contributed by atoms with Gasteiger partial charge in [-0.2, -0.15) is 0 Å². The molecule has 1 atom stereocenters. The van der Waals surface area contributed by atoms with Gasteiger partial charge in [0.05, 0.1) is 16.5 Å². The second-order valence-corrected chi connectivity index (χ2v) is 9.94. The van der Waals surface area contributed by atoms with E-state index in [0.29, 0.717) is 23.0 Å². The molecular formula is C29H30Cl2N2O2. The first-order chi connectivity index (χ1) is 17.0. The van der Waals surface area contributed by atoms with Gasteiger partial charge >= 0.3 is 0 Å². The summed E-state index contributed by atoms with van der Waals surface area (Å²) in [5.74, 6) is -0.228. The fraction of sp³-hybridized carbons (Fsp3) is 0.310. The van der Waals surface area contributed by atoms with Crippen LogP contribution in [0.4, 0.5) is 0 Å². The van der Waals surface area contributed by atoms with Crippen molar-refractivity contribution in [3.8, 4) is 0 Å². The lowest BCUT2D eigenvalue weighted by atomic mass is 10.0. The van der Waals surface area contributed by atoms with Gasteiger partial charge in [-0.15, -0.1) is 0 Å². The molecule has 1 aliphatic rings. The number of rotatable bonds is 9. The highest BCUT2D eigenvalue weighted by molar-refractivity contribution is 6.42. The predicted octanol–water partition coefficient (Wildman–Crippen LogP) is 6.23. The minimum absolute atomic E-state index is 0.0980. The maximum atomic E-state index is 13.8. The minimum atomic E-state index is -0.631. The molecule has 4 rings (SSSR count). The van der Waals surface area contributed by atoms with Crippen LogP contribution in [0.5, 0.6) is 0 Å². The summed E-state index contributed by atoms with van der Waals surface area (Å²) in [5, 5.41) is 4.08. The minimum Gasteiger partial charge on any atom is -0.352 e. The maximum Gasteiger partial charge on any atom is 0.243 e. The highest BCUT2D eigenvalue weighted by Gasteiger charge is 2.32. The van der Waals surface area contributed by atoms with E-state index < -0.39 is 6.04 Å². The molecule has 0 heterocycles. The van der Waals surface area contributed by atoms with Crippen molar-refractivity contribution < 1.29 is 9.59 Å². The number of carbonyl (C=O) groups is 2. The van der Waals surface area contributed by atoms with E-state index >= 15 is 0 Å². The summed E-state index contributed by atoms with van der Waals surface area (Å²) in [6, 6.07) is 24.4. The zero-order valence-corrected chi connectivity index (χ0v) is 21.1. The quantitative estimate of drug-likeness (QED) is 0.372. The van der Waals surface area contributed by atoms with Crippen molar-refractivity contribution in [3.63, 3.8) is 0 Å². The van der Waals surface area contributed by atoms with Crippen LogP contribution in [0.1, 0.15) is 42.4 Å². The van der Waals surface area contributed by atoms with Gasteiger partial charge in [-0.1, -0.05) is 103 Å². The molecule has 1 fully saturated rings. The van der Waals surface area contributed by atoms with Crippen LogP contribution in [-0.4, -0.2) is 28.8 Å². The van der Waals surface area contributed by atoms with E-state index in [1.54, 1.807) is 23.1 Å². The predicted molar refractivity (Wildman–Crippen MR) is 141 cm³/mol. The van der Waals surface area contributed by atoms with Gasteiger partial charge in [-0.25, -0.2) is 0 Å². The Kier molecular flexibility index (Phi) is 8.84. The van der Waals surface area contributed by atoms with E-state index in [1.165, 1.54) is 0 Å². The van der Waals surface area contributed by atoms with Crippen LogP contribution in [0.3, 0.4) is 0 Å². The van der Waals surface area contributed by atoms with Gasteiger partial charge in [0.15, 0.2) is 0 Å². The van der Waals surface area contributed by atoms with Crippen molar-refractivity contribution in [1.29, 1.82) is 0 Å². The molecule has 1 N–H and O–H groups in total. The van der Waals surface area contributed by atoms with Gasteiger partial charge in [-0.3, -0.25) is 9.59 Å². The largest absolute Gasteiger partial charge is 0.352 e. The summed E-state index contributed by atoms with van der Waals surface area (Å²) in [6.07, 6.45) is 4.79. The molecule has 0 aromatic heterocycles. The number of benzene rings is 3.